The molecule has 0 aliphatic carbocycles. The molecule has 0 atom stereocenters. The summed E-state index contributed by atoms with van der Waals surface area (Å²) in [6, 6.07) is 12.9. The number of rotatable bonds is 1. The summed E-state index contributed by atoms with van der Waals surface area (Å²) in [5.41, 5.74) is 5.19. The summed E-state index contributed by atoms with van der Waals surface area (Å²) in [6.45, 7) is 2.43. The van der Waals surface area contributed by atoms with Crippen LogP contribution in [0.5, 0.6) is 0 Å². The fourth-order valence-electron chi connectivity index (χ4n) is 2.71. The van der Waals surface area contributed by atoms with Crippen molar-refractivity contribution in [2.75, 3.05) is 11.9 Å². The van der Waals surface area contributed by atoms with Gasteiger partial charge in [0.1, 0.15) is 7.05 Å². The molecule has 0 fully saturated rings. The zero-order valence-corrected chi connectivity index (χ0v) is 11.7. The number of para-hydroxylation sites is 1. The first-order chi connectivity index (χ1) is 9.16. The molecule has 0 spiro atoms. The van der Waals surface area contributed by atoms with Gasteiger partial charge in [0.05, 0.1) is 0 Å². The fourth-order valence-corrected chi connectivity index (χ4v) is 2.71. The van der Waals surface area contributed by atoms with Crippen LogP contribution in [0.2, 0.25) is 0 Å². The van der Waals surface area contributed by atoms with Crippen molar-refractivity contribution in [1.82, 2.24) is 0 Å². The lowest BCUT2D eigenvalue weighted by Crippen LogP contribution is -2.60. The molecule has 3 rings (SSSR count). The SMILES string of the molecule is Cc1cc[n+](C)c(B2C=Cc3ccccc3N2C)c1. The highest BCUT2D eigenvalue weighted by Crippen LogP contribution is 2.25. The van der Waals surface area contributed by atoms with E-state index >= 15 is 0 Å². The first-order valence-corrected chi connectivity index (χ1v) is 6.63. The van der Waals surface area contributed by atoms with Crippen LogP contribution in [-0.2, 0) is 7.05 Å². The summed E-state index contributed by atoms with van der Waals surface area (Å²) in [7, 11) is 4.27. The quantitative estimate of drug-likeness (QED) is 0.551. The average Bonchev–Trinajstić information content (AvgIpc) is 2.43. The van der Waals surface area contributed by atoms with E-state index in [0.717, 1.165) is 0 Å². The van der Waals surface area contributed by atoms with Crippen LogP contribution in [0.3, 0.4) is 0 Å². The molecule has 0 N–H and O–H groups in total. The monoisotopic (exact) mass is 249 g/mol. The van der Waals surface area contributed by atoms with Crippen LogP contribution < -0.4 is 15.0 Å². The Balaban J connectivity index is 2.07. The van der Waals surface area contributed by atoms with E-state index < -0.39 is 0 Å². The van der Waals surface area contributed by atoms with Crippen molar-refractivity contribution in [2.45, 2.75) is 6.92 Å². The van der Waals surface area contributed by atoms with Gasteiger partial charge >= 0.3 is 6.85 Å². The van der Waals surface area contributed by atoms with E-state index in [0.29, 0.717) is 6.85 Å². The topological polar surface area (TPSA) is 7.12 Å². The summed E-state index contributed by atoms with van der Waals surface area (Å²) < 4.78 is 2.20. The molecule has 0 amide bonds. The zero-order valence-electron chi connectivity index (χ0n) is 11.7. The predicted molar refractivity (Wildman–Crippen MR) is 81.6 cm³/mol. The molecule has 0 radical (unpaired) electrons. The molecule has 0 unspecified atom stereocenters. The Bertz CT molecular complexity index is 649. The Hall–Kier alpha value is -2.03. The third-order valence-electron chi connectivity index (χ3n) is 3.84. The van der Waals surface area contributed by atoms with E-state index in [9.17, 15) is 0 Å². The largest absolute Gasteiger partial charge is 0.405 e. The van der Waals surface area contributed by atoms with Gasteiger partial charge in [-0.05, 0) is 31.2 Å². The number of aryl methyl sites for hydroxylation is 2. The van der Waals surface area contributed by atoms with E-state index in [-0.39, 0.29) is 0 Å². The maximum Gasteiger partial charge on any atom is 0.396 e. The van der Waals surface area contributed by atoms with Gasteiger partial charge in [-0.15, -0.1) is 0 Å². The molecule has 1 aliphatic rings. The highest BCUT2D eigenvalue weighted by atomic mass is 15.1. The van der Waals surface area contributed by atoms with E-state index in [1.807, 2.05) is 0 Å². The van der Waals surface area contributed by atoms with Crippen molar-refractivity contribution >= 4 is 24.2 Å². The number of fused-ring (bicyclic) bond motifs is 1. The normalized spacial score (nSPS) is 13.6. The first kappa shape index (κ1) is 12.0. The first-order valence-electron chi connectivity index (χ1n) is 6.63. The second kappa shape index (κ2) is 4.58. The molecule has 3 heteroatoms. The molecule has 94 valence electrons. The van der Waals surface area contributed by atoms with Crippen molar-refractivity contribution in [2.24, 2.45) is 7.05 Å². The minimum absolute atomic E-state index is 0.291. The molecular formula is C16H18BN2+. The second-order valence-corrected chi connectivity index (χ2v) is 5.21. The van der Waals surface area contributed by atoms with Gasteiger partial charge in [-0.1, -0.05) is 30.3 Å². The lowest BCUT2D eigenvalue weighted by atomic mass is 9.54. The number of hydrogen-bond acceptors (Lipinski definition) is 1. The third-order valence-corrected chi connectivity index (χ3v) is 3.84. The molecule has 2 aromatic rings. The van der Waals surface area contributed by atoms with Crippen LogP contribution in [0.1, 0.15) is 11.1 Å². The maximum absolute atomic E-state index is 2.34. The number of benzene rings is 1. The minimum Gasteiger partial charge on any atom is -0.405 e. The molecule has 0 saturated carbocycles. The van der Waals surface area contributed by atoms with Crippen LogP contribution in [0.4, 0.5) is 5.69 Å². The highest BCUT2D eigenvalue weighted by Gasteiger charge is 2.31. The number of hydrogen-bond donors (Lipinski definition) is 0. The molecule has 19 heavy (non-hydrogen) atoms. The van der Waals surface area contributed by atoms with Gasteiger partial charge in [0.25, 0.3) is 0 Å². The van der Waals surface area contributed by atoms with E-state index in [1.54, 1.807) is 0 Å². The zero-order chi connectivity index (χ0) is 13.4. The van der Waals surface area contributed by atoms with Crippen LogP contribution >= 0.6 is 0 Å². The van der Waals surface area contributed by atoms with Gasteiger partial charge in [-0.3, -0.25) is 0 Å². The number of nitrogens with zero attached hydrogens (tertiary/aromatic N) is 2. The van der Waals surface area contributed by atoms with E-state index in [1.165, 1.54) is 22.4 Å². The summed E-state index contributed by atoms with van der Waals surface area (Å²) in [5, 5.41) is 0. The van der Waals surface area contributed by atoms with Crippen LogP contribution in [0, 0.1) is 6.92 Å². The van der Waals surface area contributed by atoms with Crippen molar-refractivity contribution in [1.29, 1.82) is 0 Å². The van der Waals surface area contributed by atoms with E-state index in [2.05, 4.69) is 85.0 Å². The molecule has 1 aromatic carbocycles. The van der Waals surface area contributed by atoms with Crippen molar-refractivity contribution in [3.8, 4) is 0 Å². The number of aromatic nitrogens is 1. The molecule has 1 aliphatic heterocycles. The lowest BCUT2D eigenvalue weighted by Gasteiger charge is -2.28. The van der Waals surface area contributed by atoms with Crippen molar-refractivity contribution < 1.29 is 4.57 Å². The van der Waals surface area contributed by atoms with Gasteiger partial charge in [0, 0.05) is 17.8 Å². The van der Waals surface area contributed by atoms with Gasteiger partial charge in [0.2, 0.25) is 0 Å². The Morgan fingerprint density at radius 3 is 2.79 bits per heavy atom. The van der Waals surface area contributed by atoms with Crippen LogP contribution in [-0.4, -0.2) is 13.9 Å². The van der Waals surface area contributed by atoms with Crippen molar-refractivity contribution in [3.63, 3.8) is 0 Å². The average molecular weight is 249 g/mol. The number of pyridine rings is 1. The molecule has 0 saturated heterocycles. The summed E-state index contributed by atoms with van der Waals surface area (Å²) in [5.74, 6) is 2.27. The maximum atomic E-state index is 2.34. The van der Waals surface area contributed by atoms with Crippen molar-refractivity contribution in [3.05, 3.63) is 59.7 Å². The van der Waals surface area contributed by atoms with Crippen LogP contribution in [0.25, 0.3) is 6.08 Å². The third kappa shape index (κ3) is 2.05. The van der Waals surface area contributed by atoms with Gasteiger partial charge in [-0.2, -0.15) is 0 Å². The highest BCUT2D eigenvalue weighted by molar-refractivity contribution is 6.80. The molecule has 2 nitrogen and oxygen atoms in total. The Morgan fingerprint density at radius 2 is 1.95 bits per heavy atom. The lowest BCUT2D eigenvalue weighted by molar-refractivity contribution is -0.654. The van der Waals surface area contributed by atoms with Gasteiger partial charge in [-0.25, -0.2) is 4.57 Å². The molecule has 0 bridgehead atoms. The van der Waals surface area contributed by atoms with Gasteiger partial charge in [0.15, 0.2) is 11.8 Å². The summed E-state index contributed by atoms with van der Waals surface area (Å²) in [6.07, 6.45) is 4.36. The van der Waals surface area contributed by atoms with Gasteiger partial charge < -0.3 is 4.81 Å². The smallest absolute Gasteiger partial charge is 0.396 e. The fraction of sp³-hybridized carbons (Fsp3) is 0.188. The Labute approximate surface area is 115 Å². The van der Waals surface area contributed by atoms with Crippen LogP contribution in [0.15, 0.2) is 48.6 Å². The minimum atomic E-state index is 0.291. The molecule has 2 heterocycles. The summed E-state index contributed by atoms with van der Waals surface area (Å²) in [4.78, 5) is 2.34. The Kier molecular flexibility index (Phi) is 2.90. The molecular weight excluding hydrogens is 231 g/mol. The second-order valence-electron chi connectivity index (χ2n) is 5.21. The standard InChI is InChI=1S/C16H18BN2/c1-13-9-11-18(2)16(12-13)17-10-8-14-6-4-5-7-15(14)19(17)3/h4-12H,1-3H3/q+1. The predicted octanol–water partition coefficient (Wildman–Crippen LogP) is 1.72. The Morgan fingerprint density at radius 1 is 1.16 bits per heavy atom. The number of anilines is 1. The molecule has 1 aromatic heterocycles. The van der Waals surface area contributed by atoms with E-state index in [4.69, 9.17) is 0 Å². The summed E-state index contributed by atoms with van der Waals surface area (Å²) >= 11 is 0.